The molecule has 0 radical (unpaired) electrons. The number of pyridine rings is 1. The van der Waals surface area contributed by atoms with Gasteiger partial charge >= 0.3 is 0 Å². The zero-order chi connectivity index (χ0) is 18.5. The first-order valence-corrected chi connectivity index (χ1v) is 8.33. The van der Waals surface area contributed by atoms with Gasteiger partial charge in [0.15, 0.2) is 11.8 Å². The molecule has 9 heteroatoms. The number of rotatable bonds is 5. The third-order valence-corrected chi connectivity index (χ3v) is 3.94. The van der Waals surface area contributed by atoms with E-state index in [-0.39, 0.29) is 0 Å². The summed E-state index contributed by atoms with van der Waals surface area (Å²) in [5, 5.41) is 15.0. The molecular formula is C17H23N9. The molecule has 0 spiro atoms. The Balaban J connectivity index is 1.57. The number of nitrogens with one attached hydrogen (secondary N) is 2. The fraction of sp³-hybridized carbons (Fsp3) is 0.353. The average Bonchev–Trinajstić information content (AvgIpc) is 3.20. The molecule has 3 heterocycles. The predicted molar refractivity (Wildman–Crippen MR) is 98.9 cm³/mol. The number of aliphatic imine (C=N–C) groups is 1. The zero-order valence-electron chi connectivity index (χ0n) is 15.4. The minimum Gasteiger partial charge on any atom is -0.352 e. The first-order chi connectivity index (χ1) is 12.6. The van der Waals surface area contributed by atoms with E-state index in [2.05, 4.69) is 35.8 Å². The molecule has 3 rings (SSSR count). The van der Waals surface area contributed by atoms with Crippen LogP contribution in [0.4, 0.5) is 0 Å². The minimum atomic E-state index is 0.547. The van der Waals surface area contributed by atoms with E-state index < -0.39 is 0 Å². The Morgan fingerprint density at radius 2 is 1.96 bits per heavy atom. The molecule has 0 aliphatic rings. The molecule has 26 heavy (non-hydrogen) atoms. The van der Waals surface area contributed by atoms with E-state index in [0.29, 0.717) is 19.0 Å². The van der Waals surface area contributed by atoms with Gasteiger partial charge in [0.25, 0.3) is 0 Å². The van der Waals surface area contributed by atoms with Crippen molar-refractivity contribution in [3.8, 4) is 5.82 Å². The smallest absolute Gasteiger partial charge is 0.191 e. The maximum atomic E-state index is 4.50. The summed E-state index contributed by atoms with van der Waals surface area (Å²) in [5.41, 5.74) is 3.10. The van der Waals surface area contributed by atoms with Crippen LogP contribution in [-0.4, -0.2) is 42.5 Å². The maximum absolute atomic E-state index is 4.50. The molecule has 0 aliphatic heterocycles. The van der Waals surface area contributed by atoms with Crippen molar-refractivity contribution in [1.82, 2.24) is 40.2 Å². The van der Waals surface area contributed by atoms with Gasteiger partial charge in [0.05, 0.1) is 12.2 Å². The average molecular weight is 353 g/mol. The third-order valence-electron chi connectivity index (χ3n) is 3.94. The van der Waals surface area contributed by atoms with E-state index in [0.717, 1.165) is 28.6 Å². The Morgan fingerprint density at radius 3 is 2.54 bits per heavy atom. The SMILES string of the molecule is CN=C(NCc1ccc(-n2nc(C)cc2C)nc1)NCc1ncnn1C. The van der Waals surface area contributed by atoms with Gasteiger partial charge < -0.3 is 10.6 Å². The second-order valence-electron chi connectivity index (χ2n) is 5.94. The van der Waals surface area contributed by atoms with E-state index in [9.17, 15) is 0 Å². The van der Waals surface area contributed by atoms with Gasteiger partial charge in [-0.05, 0) is 31.5 Å². The molecule has 3 aromatic rings. The number of hydrogen-bond donors (Lipinski definition) is 2. The minimum absolute atomic E-state index is 0.547. The lowest BCUT2D eigenvalue weighted by atomic mass is 10.3. The summed E-state index contributed by atoms with van der Waals surface area (Å²) in [7, 11) is 3.59. The van der Waals surface area contributed by atoms with E-state index in [1.54, 1.807) is 11.7 Å². The van der Waals surface area contributed by atoms with Gasteiger partial charge in [0.2, 0.25) is 0 Å². The molecule has 0 bridgehead atoms. The van der Waals surface area contributed by atoms with Crippen molar-refractivity contribution in [2.24, 2.45) is 12.0 Å². The summed E-state index contributed by atoms with van der Waals surface area (Å²) in [6.07, 6.45) is 3.37. The fourth-order valence-corrected chi connectivity index (χ4v) is 2.56. The summed E-state index contributed by atoms with van der Waals surface area (Å²) < 4.78 is 3.57. The number of guanidine groups is 1. The number of aryl methyl sites for hydroxylation is 3. The van der Waals surface area contributed by atoms with Crippen molar-refractivity contribution in [2.45, 2.75) is 26.9 Å². The van der Waals surface area contributed by atoms with Crippen LogP contribution < -0.4 is 10.6 Å². The second-order valence-corrected chi connectivity index (χ2v) is 5.94. The highest BCUT2D eigenvalue weighted by atomic mass is 15.3. The Hall–Kier alpha value is -3.23. The van der Waals surface area contributed by atoms with E-state index >= 15 is 0 Å². The maximum Gasteiger partial charge on any atom is 0.191 e. The fourth-order valence-electron chi connectivity index (χ4n) is 2.56. The van der Waals surface area contributed by atoms with Crippen LogP contribution in [0.3, 0.4) is 0 Å². The number of aromatic nitrogens is 6. The van der Waals surface area contributed by atoms with Crippen molar-refractivity contribution in [3.05, 3.63) is 53.5 Å². The molecule has 0 saturated heterocycles. The normalized spacial score (nSPS) is 11.6. The highest BCUT2D eigenvalue weighted by Gasteiger charge is 2.06. The van der Waals surface area contributed by atoms with Crippen LogP contribution in [0.25, 0.3) is 5.82 Å². The Labute approximate surface area is 152 Å². The van der Waals surface area contributed by atoms with Crippen LogP contribution in [0.5, 0.6) is 0 Å². The van der Waals surface area contributed by atoms with Gasteiger partial charge in [-0.25, -0.2) is 14.6 Å². The molecule has 9 nitrogen and oxygen atoms in total. The van der Waals surface area contributed by atoms with Crippen molar-refractivity contribution in [2.75, 3.05) is 7.05 Å². The molecule has 0 unspecified atom stereocenters. The summed E-state index contributed by atoms with van der Waals surface area (Å²) in [4.78, 5) is 12.9. The van der Waals surface area contributed by atoms with Crippen LogP contribution in [0, 0.1) is 13.8 Å². The quantitative estimate of drug-likeness (QED) is 0.522. The molecule has 0 fully saturated rings. The largest absolute Gasteiger partial charge is 0.352 e. The molecular weight excluding hydrogens is 330 g/mol. The van der Waals surface area contributed by atoms with Crippen molar-refractivity contribution in [3.63, 3.8) is 0 Å². The topological polar surface area (TPSA) is 97.8 Å². The highest BCUT2D eigenvalue weighted by molar-refractivity contribution is 5.79. The van der Waals surface area contributed by atoms with E-state index in [4.69, 9.17) is 0 Å². The Morgan fingerprint density at radius 1 is 1.15 bits per heavy atom. The van der Waals surface area contributed by atoms with Gasteiger partial charge in [-0.1, -0.05) is 6.07 Å². The van der Waals surface area contributed by atoms with Crippen molar-refractivity contribution >= 4 is 5.96 Å². The Kier molecular flexibility index (Phi) is 5.26. The number of hydrogen-bond acceptors (Lipinski definition) is 5. The molecule has 3 aromatic heterocycles. The molecule has 0 atom stereocenters. The molecule has 2 N–H and O–H groups in total. The summed E-state index contributed by atoms with van der Waals surface area (Å²) >= 11 is 0. The Bertz CT molecular complexity index is 889. The lowest BCUT2D eigenvalue weighted by molar-refractivity contribution is 0.672. The molecule has 0 saturated carbocycles. The zero-order valence-corrected chi connectivity index (χ0v) is 15.4. The van der Waals surface area contributed by atoms with E-state index in [1.807, 2.05) is 50.0 Å². The summed E-state index contributed by atoms with van der Waals surface area (Å²) in [6.45, 7) is 5.15. The van der Waals surface area contributed by atoms with Crippen LogP contribution in [0.1, 0.15) is 22.8 Å². The van der Waals surface area contributed by atoms with Gasteiger partial charge in [0, 0.05) is 32.5 Å². The van der Waals surface area contributed by atoms with Crippen LogP contribution in [-0.2, 0) is 20.1 Å². The summed E-state index contributed by atoms with van der Waals surface area (Å²) in [6, 6.07) is 6.03. The van der Waals surface area contributed by atoms with Crippen molar-refractivity contribution < 1.29 is 0 Å². The van der Waals surface area contributed by atoms with Crippen LogP contribution in [0.2, 0.25) is 0 Å². The lowest BCUT2D eigenvalue weighted by Gasteiger charge is -2.12. The first-order valence-electron chi connectivity index (χ1n) is 8.33. The molecule has 0 aliphatic carbocycles. The van der Waals surface area contributed by atoms with E-state index in [1.165, 1.54) is 6.33 Å². The monoisotopic (exact) mass is 353 g/mol. The van der Waals surface area contributed by atoms with Gasteiger partial charge in [-0.2, -0.15) is 10.2 Å². The lowest BCUT2D eigenvalue weighted by Crippen LogP contribution is -2.37. The predicted octanol–water partition coefficient (Wildman–Crippen LogP) is 0.878. The molecule has 136 valence electrons. The van der Waals surface area contributed by atoms with Gasteiger partial charge in [-0.15, -0.1) is 0 Å². The standard InChI is InChI=1S/C17H23N9/c1-12-7-13(2)26(24-12)15-6-5-14(8-19-15)9-20-17(18-3)21-10-16-22-11-23-25(16)4/h5-8,11H,9-10H2,1-4H3,(H2,18,20,21). The highest BCUT2D eigenvalue weighted by Crippen LogP contribution is 2.10. The van der Waals surface area contributed by atoms with Gasteiger partial charge in [-0.3, -0.25) is 9.67 Å². The second kappa shape index (κ2) is 7.77. The van der Waals surface area contributed by atoms with Crippen LogP contribution >= 0.6 is 0 Å². The molecule has 0 aromatic carbocycles. The van der Waals surface area contributed by atoms with Gasteiger partial charge in [0.1, 0.15) is 12.2 Å². The first kappa shape index (κ1) is 17.6. The third kappa shape index (κ3) is 4.05. The van der Waals surface area contributed by atoms with Crippen molar-refractivity contribution in [1.29, 1.82) is 0 Å². The number of nitrogens with zero attached hydrogens (tertiary/aromatic N) is 7. The summed E-state index contributed by atoms with van der Waals surface area (Å²) in [5.74, 6) is 2.34. The molecule has 0 amide bonds. The van der Waals surface area contributed by atoms with Crippen LogP contribution in [0.15, 0.2) is 35.7 Å².